The molecule has 5 aromatic rings. The number of hydrogen-bond donors (Lipinski definition) is 3. The van der Waals surface area contributed by atoms with Crippen molar-refractivity contribution in [2.75, 3.05) is 76.3 Å². The molecule has 1 aliphatic heterocycles. The van der Waals surface area contributed by atoms with Crippen LogP contribution in [0.3, 0.4) is 0 Å². The zero-order valence-electron chi connectivity index (χ0n) is 31.8. The Bertz CT molecular complexity index is 1950. The largest absolute Gasteiger partial charge is 0.400 e. The topological polar surface area (TPSA) is 44.3 Å². The number of likely N-dealkylation sites (N-methyl/N-ethyl adjacent to an activating group) is 1. The van der Waals surface area contributed by atoms with Crippen molar-refractivity contribution in [3.05, 3.63) is 144 Å². The second kappa shape index (κ2) is 22.3. The highest BCUT2D eigenvalue weighted by Gasteiger charge is 2.18. The van der Waals surface area contributed by atoms with E-state index in [-0.39, 0.29) is 0 Å². The van der Waals surface area contributed by atoms with Crippen LogP contribution in [0.4, 0.5) is 17.1 Å². The fourth-order valence-corrected chi connectivity index (χ4v) is 8.14. The van der Waals surface area contributed by atoms with Crippen LogP contribution in [0.5, 0.6) is 0 Å². The van der Waals surface area contributed by atoms with Gasteiger partial charge in [0.2, 0.25) is 5.52 Å². The lowest BCUT2D eigenvalue weighted by Gasteiger charge is -2.21. The quantitative estimate of drug-likeness (QED) is 0.0370. The number of quaternary nitrogens is 1. The number of aliphatic hydroxyl groups is 1. The maximum Gasteiger partial charge on any atom is 0.212 e. The van der Waals surface area contributed by atoms with E-state index in [0.29, 0.717) is 0 Å². The summed E-state index contributed by atoms with van der Waals surface area (Å²) >= 11 is 3.29. The Labute approximate surface area is 330 Å². The maximum atomic E-state index is 7.00. The number of rotatable bonds is 13. The predicted octanol–water partition coefficient (Wildman–Crippen LogP) is 8.13. The molecule has 53 heavy (non-hydrogen) atoms. The van der Waals surface area contributed by atoms with Gasteiger partial charge in [0.15, 0.2) is 6.20 Å². The number of thiol groups is 1. The molecular weight excluding hydrogens is 713 g/mol. The van der Waals surface area contributed by atoms with Gasteiger partial charge in [0.05, 0.1) is 12.4 Å². The van der Waals surface area contributed by atoms with E-state index in [0.717, 1.165) is 38.2 Å². The summed E-state index contributed by atoms with van der Waals surface area (Å²) in [5, 5.41) is 8.27. The summed E-state index contributed by atoms with van der Waals surface area (Å²) in [7, 11) is 15.1. The molecule has 2 heterocycles. The molecule has 1 unspecified atom stereocenters. The minimum atomic E-state index is 1.00. The van der Waals surface area contributed by atoms with Crippen LogP contribution in [0.15, 0.2) is 121 Å². The Morgan fingerprint density at radius 2 is 1.28 bits per heavy atom. The first-order valence-corrected chi connectivity index (χ1v) is 20.6. The van der Waals surface area contributed by atoms with Gasteiger partial charge in [-0.2, -0.15) is 0 Å². The minimum Gasteiger partial charge on any atom is -0.400 e. The van der Waals surface area contributed by atoms with Crippen LogP contribution in [0.25, 0.3) is 34.7 Å². The molecule has 0 saturated heterocycles. The third kappa shape index (κ3) is 12.3. The Morgan fingerprint density at radius 1 is 0.755 bits per heavy atom. The molecule has 0 saturated carbocycles. The molecule has 1 aliphatic rings. The highest BCUT2D eigenvalue weighted by molar-refractivity contribution is 8.76. The number of aromatic nitrogens is 1. The molecule has 1 atom stereocenters. The fraction of sp³-hybridized carbons (Fsp3) is 0.250. The van der Waals surface area contributed by atoms with Gasteiger partial charge in [0.1, 0.15) is 19.3 Å². The van der Waals surface area contributed by atoms with Gasteiger partial charge >= 0.3 is 0 Å². The van der Waals surface area contributed by atoms with Crippen LogP contribution in [0.2, 0.25) is 0 Å². The second-order valence-corrected chi connectivity index (χ2v) is 15.7. The first kappa shape index (κ1) is 41.8. The van der Waals surface area contributed by atoms with Gasteiger partial charge in [-0.25, -0.2) is 4.57 Å². The molecule has 2 N–H and O–H groups in total. The molecule has 278 valence electrons. The highest BCUT2D eigenvalue weighted by atomic mass is 33.1. The third-order valence-corrected chi connectivity index (χ3v) is 11.4. The molecule has 0 aliphatic carbocycles. The van der Waals surface area contributed by atoms with Crippen molar-refractivity contribution in [3.63, 3.8) is 0 Å². The average molecular weight is 767 g/mol. The zero-order valence-corrected chi connectivity index (χ0v) is 34.3. The van der Waals surface area contributed by atoms with Crippen molar-refractivity contribution in [2.45, 2.75) is 0 Å². The summed E-state index contributed by atoms with van der Waals surface area (Å²) in [6.07, 6.45) is 13.4. The number of anilines is 2. The molecule has 0 bridgehead atoms. The lowest BCUT2D eigenvalue weighted by Crippen LogP contribution is -3.04. The molecule has 9 heteroatoms. The predicted molar refractivity (Wildman–Crippen MR) is 237 cm³/mol. The number of aliphatic hydroxyl groups excluding tert-OH is 1. The summed E-state index contributed by atoms with van der Waals surface area (Å²) in [6, 6.07) is 37.2. The van der Waals surface area contributed by atoms with Crippen LogP contribution in [-0.2, 0) is 11.2 Å². The van der Waals surface area contributed by atoms with Crippen molar-refractivity contribution >= 4 is 86.3 Å². The number of benzene rings is 4. The van der Waals surface area contributed by atoms with E-state index in [2.05, 4.69) is 199 Å². The number of pyridine rings is 1. The van der Waals surface area contributed by atoms with Gasteiger partial charge in [-0.15, -0.1) is 0 Å². The summed E-state index contributed by atoms with van der Waals surface area (Å²) < 4.78 is 6.11. The monoisotopic (exact) mass is 766 g/mol. The number of hydrogen-bond acceptors (Lipinski definition) is 7. The van der Waals surface area contributed by atoms with Crippen LogP contribution < -0.4 is 19.3 Å². The number of nitrogens with zero attached hydrogens (tertiary/aromatic N) is 3. The Morgan fingerprint density at radius 3 is 1.89 bits per heavy atom. The standard InChI is InChI=1S/C42H45N4S2.CH4OS.CH4O/c1-43(37-21-15-33(16-22-37)13-19-35-25-27-45(3)41-11-7-5-9-39(35)41)29-31-47-48-32-30-44(2)38-23-17-34(18-24-38)14-20-36-26-28-46(4)42-12-8-6-10-40(36)42;1-2-3;1-2/h5-27H,28-32H2,1-4H3;3H,1H3;2H,1H3/q+1;;/p+1/b20-14+;;. The lowest BCUT2D eigenvalue weighted by molar-refractivity contribution is -0.803. The van der Waals surface area contributed by atoms with E-state index in [1.165, 1.54) is 67.8 Å². The van der Waals surface area contributed by atoms with E-state index in [4.69, 9.17) is 5.11 Å². The van der Waals surface area contributed by atoms with Gasteiger partial charge < -0.3 is 24.0 Å². The van der Waals surface area contributed by atoms with Crippen molar-refractivity contribution in [1.82, 2.24) is 0 Å². The smallest absolute Gasteiger partial charge is 0.212 e. The maximum absolute atomic E-state index is 7.00. The van der Waals surface area contributed by atoms with E-state index in [9.17, 15) is 0 Å². The number of allylic oxidation sites excluding steroid dienone is 2. The highest BCUT2D eigenvalue weighted by Crippen LogP contribution is 2.27. The molecule has 0 fully saturated rings. The molecule has 0 radical (unpaired) electrons. The molecule has 6 nitrogen and oxygen atoms in total. The molecule has 6 rings (SSSR count). The summed E-state index contributed by atoms with van der Waals surface area (Å²) in [6.45, 7) is 3.06. The van der Waals surface area contributed by atoms with Crippen LogP contribution in [-0.4, -0.2) is 71.6 Å². The van der Waals surface area contributed by atoms with E-state index in [1.807, 2.05) is 21.6 Å². The fourth-order valence-electron chi connectivity index (χ4n) is 6.06. The number of aryl methyl sites for hydroxylation is 1. The number of nitrogens with one attached hydrogen (secondary N) is 1. The molecular formula is C44H54N4O2S3+2. The van der Waals surface area contributed by atoms with Crippen molar-refractivity contribution in [2.24, 2.45) is 7.05 Å². The van der Waals surface area contributed by atoms with E-state index in [1.54, 1.807) is 0 Å². The van der Waals surface area contributed by atoms with Gasteiger partial charge in [-0.3, -0.25) is 0 Å². The minimum absolute atomic E-state index is 1.00. The van der Waals surface area contributed by atoms with Gasteiger partial charge in [0.25, 0.3) is 0 Å². The van der Waals surface area contributed by atoms with Crippen molar-refractivity contribution in [3.8, 4) is 0 Å². The molecule has 4 aromatic carbocycles. The number of fused-ring (bicyclic) bond motifs is 2. The molecule has 1 aromatic heterocycles. The van der Waals surface area contributed by atoms with Crippen molar-refractivity contribution in [1.29, 1.82) is 0 Å². The van der Waals surface area contributed by atoms with Crippen LogP contribution in [0, 0.1) is 0 Å². The van der Waals surface area contributed by atoms with Crippen LogP contribution >= 0.6 is 34.5 Å². The first-order valence-electron chi connectivity index (χ1n) is 17.7. The zero-order chi connectivity index (χ0) is 38.0. The SMILES string of the molecule is CN(CCSSCCN(C)c1ccc(/C=C/c2cc[n+](C)c3ccccc23)cc1)c1ccc(/C=C/C2=CC[NH+](C)c3ccccc32)cc1.CO.COS. The third-order valence-electron chi connectivity index (χ3n) is 9.08. The Kier molecular flexibility index (Phi) is 17.6. The van der Waals surface area contributed by atoms with Gasteiger partial charge in [0, 0.05) is 82.0 Å². The van der Waals surface area contributed by atoms with Crippen LogP contribution in [0.1, 0.15) is 22.3 Å². The van der Waals surface area contributed by atoms with Gasteiger partial charge in [-0.1, -0.05) is 94.4 Å². The Hall–Kier alpha value is -3.96. The Balaban J connectivity index is 0.00000119. The first-order chi connectivity index (χ1) is 25.9. The summed E-state index contributed by atoms with van der Waals surface area (Å²) in [5.74, 6) is 2.18. The summed E-state index contributed by atoms with van der Waals surface area (Å²) in [5.41, 5.74) is 11.4. The van der Waals surface area contributed by atoms with Crippen molar-refractivity contribution < 1.29 is 18.8 Å². The lowest BCUT2D eigenvalue weighted by atomic mass is 9.98. The average Bonchev–Trinajstić information content (AvgIpc) is 3.20. The van der Waals surface area contributed by atoms with Gasteiger partial charge in [-0.05, 0) is 83.7 Å². The summed E-state index contributed by atoms with van der Waals surface area (Å²) in [4.78, 5) is 6.13. The second-order valence-electron chi connectivity index (χ2n) is 12.6. The van der Waals surface area contributed by atoms with E-state index >= 15 is 0 Å². The normalized spacial score (nSPS) is 13.5. The van der Waals surface area contributed by atoms with E-state index < -0.39 is 0 Å². The molecule has 0 spiro atoms. The number of para-hydroxylation sites is 2. The molecule has 0 amide bonds.